The molecule has 0 saturated carbocycles. The molecular weight excluding hydrogens is 256 g/mol. The van der Waals surface area contributed by atoms with E-state index < -0.39 is 0 Å². The summed E-state index contributed by atoms with van der Waals surface area (Å²) >= 11 is 0. The lowest BCUT2D eigenvalue weighted by atomic mass is 10.2. The van der Waals surface area contributed by atoms with Gasteiger partial charge in [-0.1, -0.05) is 11.2 Å². The standard InChI is InChI=1S/C14H18N4O2/c1-10-4-5-12(7-15-10)8-16-14(19)18(3)9-13-6-11(2)20-17-13/h4-7H,8-9H2,1-3H3,(H,16,19). The van der Waals surface area contributed by atoms with Gasteiger partial charge >= 0.3 is 6.03 Å². The molecule has 106 valence electrons. The average Bonchev–Trinajstić information content (AvgIpc) is 2.83. The predicted octanol–water partition coefficient (Wildman–Crippen LogP) is 2.03. The van der Waals surface area contributed by atoms with Gasteiger partial charge in [-0.05, 0) is 25.5 Å². The third-order valence-corrected chi connectivity index (χ3v) is 2.84. The van der Waals surface area contributed by atoms with Gasteiger partial charge in [0.25, 0.3) is 0 Å². The van der Waals surface area contributed by atoms with Gasteiger partial charge in [-0.25, -0.2) is 4.79 Å². The summed E-state index contributed by atoms with van der Waals surface area (Å²) in [6, 6.07) is 5.52. The molecule has 6 nitrogen and oxygen atoms in total. The Hall–Kier alpha value is -2.37. The van der Waals surface area contributed by atoms with Crippen molar-refractivity contribution >= 4 is 6.03 Å². The second kappa shape index (κ2) is 6.18. The van der Waals surface area contributed by atoms with Crippen molar-refractivity contribution in [2.45, 2.75) is 26.9 Å². The lowest BCUT2D eigenvalue weighted by Gasteiger charge is -2.16. The summed E-state index contributed by atoms with van der Waals surface area (Å²) in [4.78, 5) is 17.7. The molecule has 0 unspecified atom stereocenters. The van der Waals surface area contributed by atoms with E-state index in [1.54, 1.807) is 18.1 Å². The summed E-state index contributed by atoms with van der Waals surface area (Å²) in [6.07, 6.45) is 1.76. The Morgan fingerprint density at radius 3 is 2.80 bits per heavy atom. The molecule has 0 saturated heterocycles. The monoisotopic (exact) mass is 274 g/mol. The van der Waals surface area contributed by atoms with Gasteiger partial charge in [0.15, 0.2) is 0 Å². The third-order valence-electron chi connectivity index (χ3n) is 2.84. The number of urea groups is 1. The van der Waals surface area contributed by atoms with E-state index in [0.29, 0.717) is 13.1 Å². The maximum Gasteiger partial charge on any atom is 0.317 e. The number of hydrogen-bond acceptors (Lipinski definition) is 4. The Kier molecular flexibility index (Phi) is 4.34. The van der Waals surface area contributed by atoms with E-state index in [-0.39, 0.29) is 6.03 Å². The number of hydrogen-bond donors (Lipinski definition) is 1. The number of carbonyl (C=O) groups is 1. The molecule has 0 aromatic carbocycles. The number of nitrogens with zero attached hydrogens (tertiary/aromatic N) is 3. The summed E-state index contributed by atoms with van der Waals surface area (Å²) in [6.45, 7) is 4.61. The van der Waals surface area contributed by atoms with Gasteiger partial charge < -0.3 is 14.7 Å². The number of amides is 2. The van der Waals surface area contributed by atoms with Crippen molar-refractivity contribution in [2.24, 2.45) is 0 Å². The first-order valence-electron chi connectivity index (χ1n) is 6.37. The van der Waals surface area contributed by atoms with Crippen molar-refractivity contribution < 1.29 is 9.32 Å². The smallest absolute Gasteiger partial charge is 0.317 e. The van der Waals surface area contributed by atoms with E-state index in [1.807, 2.05) is 32.0 Å². The molecule has 2 rings (SSSR count). The Labute approximate surface area is 117 Å². The molecule has 0 radical (unpaired) electrons. The first-order valence-corrected chi connectivity index (χ1v) is 6.37. The van der Waals surface area contributed by atoms with Gasteiger partial charge in [-0.15, -0.1) is 0 Å². The van der Waals surface area contributed by atoms with Crippen LogP contribution in [0.25, 0.3) is 0 Å². The predicted molar refractivity (Wildman–Crippen MR) is 73.9 cm³/mol. The van der Waals surface area contributed by atoms with Gasteiger partial charge in [0, 0.05) is 31.5 Å². The van der Waals surface area contributed by atoms with Crippen molar-refractivity contribution in [3.63, 3.8) is 0 Å². The highest BCUT2D eigenvalue weighted by Gasteiger charge is 2.11. The van der Waals surface area contributed by atoms with Crippen LogP contribution in [0.1, 0.15) is 22.7 Å². The summed E-state index contributed by atoms with van der Waals surface area (Å²) < 4.78 is 4.97. The SMILES string of the molecule is Cc1ccc(CNC(=O)N(C)Cc2cc(C)on2)cn1. The molecule has 0 spiro atoms. The van der Waals surface area contributed by atoms with Crippen LogP contribution in [0.5, 0.6) is 0 Å². The molecular formula is C14H18N4O2. The van der Waals surface area contributed by atoms with E-state index in [2.05, 4.69) is 15.5 Å². The van der Waals surface area contributed by atoms with E-state index in [9.17, 15) is 4.79 Å². The van der Waals surface area contributed by atoms with Crippen molar-refractivity contribution in [1.29, 1.82) is 0 Å². The number of carbonyl (C=O) groups excluding carboxylic acids is 1. The molecule has 0 atom stereocenters. The van der Waals surface area contributed by atoms with Crippen LogP contribution in [0.3, 0.4) is 0 Å². The highest BCUT2D eigenvalue weighted by atomic mass is 16.5. The zero-order chi connectivity index (χ0) is 14.5. The first kappa shape index (κ1) is 14.0. The minimum absolute atomic E-state index is 0.161. The number of pyridine rings is 1. The van der Waals surface area contributed by atoms with Gasteiger partial charge in [-0.2, -0.15) is 0 Å². The Morgan fingerprint density at radius 2 is 2.20 bits per heavy atom. The van der Waals surface area contributed by atoms with Crippen LogP contribution in [0.2, 0.25) is 0 Å². The van der Waals surface area contributed by atoms with Gasteiger partial charge in [-0.3, -0.25) is 4.98 Å². The van der Waals surface area contributed by atoms with Crippen molar-refractivity contribution in [1.82, 2.24) is 20.4 Å². The second-order valence-electron chi connectivity index (χ2n) is 4.75. The molecule has 2 amide bonds. The second-order valence-corrected chi connectivity index (χ2v) is 4.75. The van der Waals surface area contributed by atoms with E-state index in [1.165, 1.54) is 0 Å². The van der Waals surface area contributed by atoms with Gasteiger partial charge in [0.1, 0.15) is 11.5 Å². The highest BCUT2D eigenvalue weighted by Crippen LogP contribution is 2.05. The molecule has 2 heterocycles. The fourth-order valence-corrected chi connectivity index (χ4v) is 1.72. The Balaban J connectivity index is 1.83. The van der Waals surface area contributed by atoms with Crippen LogP contribution >= 0.6 is 0 Å². The van der Waals surface area contributed by atoms with Crippen LogP contribution in [0, 0.1) is 13.8 Å². The lowest BCUT2D eigenvalue weighted by Crippen LogP contribution is -2.36. The highest BCUT2D eigenvalue weighted by molar-refractivity contribution is 5.73. The summed E-state index contributed by atoms with van der Waals surface area (Å²) in [5.41, 5.74) is 2.66. The van der Waals surface area contributed by atoms with Crippen molar-refractivity contribution in [2.75, 3.05) is 7.05 Å². The quantitative estimate of drug-likeness (QED) is 0.926. The summed E-state index contributed by atoms with van der Waals surface area (Å²) in [7, 11) is 1.72. The third kappa shape index (κ3) is 3.81. The molecule has 6 heteroatoms. The Bertz CT molecular complexity index is 577. The minimum Gasteiger partial charge on any atom is -0.361 e. The fraction of sp³-hybridized carbons (Fsp3) is 0.357. The Morgan fingerprint density at radius 1 is 1.40 bits per heavy atom. The molecule has 0 aliphatic heterocycles. The fourth-order valence-electron chi connectivity index (χ4n) is 1.72. The molecule has 0 fully saturated rings. The number of rotatable bonds is 4. The molecule has 2 aromatic rings. The molecule has 0 aliphatic carbocycles. The number of nitrogens with one attached hydrogen (secondary N) is 1. The van der Waals surface area contributed by atoms with Crippen LogP contribution in [-0.2, 0) is 13.1 Å². The number of aryl methyl sites for hydroxylation is 2. The molecule has 1 N–H and O–H groups in total. The van der Waals surface area contributed by atoms with Gasteiger partial charge in [0.2, 0.25) is 0 Å². The largest absolute Gasteiger partial charge is 0.361 e. The van der Waals surface area contributed by atoms with Crippen molar-refractivity contribution in [3.8, 4) is 0 Å². The first-order chi connectivity index (χ1) is 9.54. The zero-order valence-electron chi connectivity index (χ0n) is 11.9. The van der Waals surface area contributed by atoms with Gasteiger partial charge in [0.05, 0.1) is 6.54 Å². The van der Waals surface area contributed by atoms with Crippen LogP contribution in [0.15, 0.2) is 28.9 Å². The van der Waals surface area contributed by atoms with E-state index in [0.717, 1.165) is 22.7 Å². The molecule has 0 bridgehead atoms. The molecule has 20 heavy (non-hydrogen) atoms. The van der Waals surface area contributed by atoms with E-state index in [4.69, 9.17) is 4.52 Å². The maximum absolute atomic E-state index is 11.9. The topological polar surface area (TPSA) is 71.3 Å². The van der Waals surface area contributed by atoms with Crippen LogP contribution < -0.4 is 5.32 Å². The lowest BCUT2D eigenvalue weighted by molar-refractivity contribution is 0.205. The van der Waals surface area contributed by atoms with Crippen LogP contribution in [-0.4, -0.2) is 28.1 Å². The summed E-state index contributed by atoms with van der Waals surface area (Å²) in [5, 5.41) is 6.69. The molecule has 0 aliphatic rings. The average molecular weight is 274 g/mol. The number of aromatic nitrogens is 2. The van der Waals surface area contributed by atoms with Crippen LogP contribution in [0.4, 0.5) is 4.79 Å². The molecule has 2 aromatic heterocycles. The summed E-state index contributed by atoms with van der Waals surface area (Å²) in [5.74, 6) is 0.736. The zero-order valence-corrected chi connectivity index (χ0v) is 11.9. The van der Waals surface area contributed by atoms with Crippen molar-refractivity contribution in [3.05, 3.63) is 47.1 Å². The van der Waals surface area contributed by atoms with E-state index >= 15 is 0 Å². The minimum atomic E-state index is -0.161. The normalized spacial score (nSPS) is 10.3. The maximum atomic E-state index is 11.9.